The van der Waals surface area contributed by atoms with E-state index in [1.165, 1.54) is 0 Å². The van der Waals surface area contributed by atoms with Gasteiger partial charge in [0.1, 0.15) is 0 Å². The van der Waals surface area contributed by atoms with Gasteiger partial charge >= 0.3 is 0 Å². The fraction of sp³-hybridized carbons (Fsp3) is 0.545. The van der Waals surface area contributed by atoms with Gasteiger partial charge in [0.15, 0.2) is 16.9 Å². The molecule has 2 aromatic rings. The Hall–Kier alpha value is -2.09. The Bertz CT molecular complexity index is 578. The molecule has 1 aliphatic rings. The summed E-state index contributed by atoms with van der Waals surface area (Å²) in [5.74, 6) is 1.48. The van der Waals surface area contributed by atoms with Crippen molar-refractivity contribution in [1.82, 2.24) is 20.2 Å². The van der Waals surface area contributed by atoms with E-state index in [1.807, 2.05) is 11.8 Å². The van der Waals surface area contributed by atoms with Gasteiger partial charge in [0.2, 0.25) is 11.8 Å². The van der Waals surface area contributed by atoms with Crippen LogP contribution in [0.4, 0.5) is 11.8 Å². The third-order valence-electron chi connectivity index (χ3n) is 2.97. The normalized spacial score (nSPS) is 15.9. The summed E-state index contributed by atoms with van der Waals surface area (Å²) in [5, 5.41) is 6.87. The number of nitrogens with zero attached hydrogens (tertiary/aromatic N) is 4. The summed E-state index contributed by atoms with van der Waals surface area (Å²) < 4.78 is 10.8. The molecule has 1 fully saturated rings. The molecule has 0 bridgehead atoms. The lowest BCUT2D eigenvalue weighted by atomic mass is 10.4. The molecule has 8 heteroatoms. The van der Waals surface area contributed by atoms with Crippen LogP contribution >= 0.6 is 0 Å². The number of aromatic amines is 1. The highest BCUT2D eigenvalue weighted by Gasteiger charge is 2.19. The first-order chi connectivity index (χ1) is 9.29. The lowest BCUT2D eigenvalue weighted by Gasteiger charge is -2.26. The summed E-state index contributed by atoms with van der Waals surface area (Å²) in [7, 11) is 0. The molecule has 8 nitrogen and oxygen atoms in total. The first-order valence-corrected chi connectivity index (χ1v) is 6.26. The molecular weight excluding hydrogens is 248 g/mol. The smallest absolute Gasteiger partial charge is 0.236 e. The molecule has 3 N–H and O–H groups in total. The molecular formula is C11H16N6O2. The van der Waals surface area contributed by atoms with Gasteiger partial charge in [-0.2, -0.15) is 10.1 Å². The van der Waals surface area contributed by atoms with Crippen LogP contribution < -0.4 is 15.4 Å². The van der Waals surface area contributed by atoms with Crippen LogP contribution in [0.15, 0.2) is 0 Å². The number of nitrogens with one attached hydrogen (secondary N) is 1. The minimum atomic E-state index is 0.355. The standard InChI is InChI=1S/C11H16N6O2/c1-2-19-10-8-7(15-16-10)9(12)14-11(13-8)17-3-5-18-6-4-17/h2-6H2,1H3,(H,15,16)(H2,12,13,14). The first-order valence-electron chi connectivity index (χ1n) is 6.26. The van der Waals surface area contributed by atoms with Crippen molar-refractivity contribution in [3.8, 4) is 5.88 Å². The lowest BCUT2D eigenvalue weighted by molar-refractivity contribution is 0.122. The van der Waals surface area contributed by atoms with Crippen molar-refractivity contribution in [3.05, 3.63) is 0 Å². The largest absolute Gasteiger partial charge is 0.477 e. The molecule has 0 amide bonds. The van der Waals surface area contributed by atoms with Gasteiger partial charge in [-0.3, -0.25) is 0 Å². The van der Waals surface area contributed by atoms with Crippen LogP contribution in [-0.4, -0.2) is 53.1 Å². The summed E-state index contributed by atoms with van der Waals surface area (Å²) in [4.78, 5) is 10.8. The number of ether oxygens (including phenoxy) is 2. The van der Waals surface area contributed by atoms with Gasteiger partial charge in [0.05, 0.1) is 19.8 Å². The Balaban J connectivity index is 2.03. The van der Waals surface area contributed by atoms with E-state index in [4.69, 9.17) is 15.2 Å². The molecule has 3 rings (SSSR count). The predicted octanol–water partition coefficient (Wildman–Crippen LogP) is 0.170. The van der Waals surface area contributed by atoms with E-state index >= 15 is 0 Å². The van der Waals surface area contributed by atoms with Crippen LogP contribution in [0.5, 0.6) is 5.88 Å². The van der Waals surface area contributed by atoms with E-state index in [-0.39, 0.29) is 0 Å². The minimum Gasteiger partial charge on any atom is -0.477 e. The quantitative estimate of drug-likeness (QED) is 0.814. The average molecular weight is 264 g/mol. The third-order valence-corrected chi connectivity index (χ3v) is 2.97. The van der Waals surface area contributed by atoms with Gasteiger partial charge in [0.25, 0.3) is 0 Å². The summed E-state index contributed by atoms with van der Waals surface area (Å²) in [6.07, 6.45) is 0. The van der Waals surface area contributed by atoms with Gasteiger partial charge in [-0.05, 0) is 6.92 Å². The van der Waals surface area contributed by atoms with Crippen LogP contribution in [0.25, 0.3) is 11.0 Å². The van der Waals surface area contributed by atoms with E-state index < -0.39 is 0 Å². The molecule has 0 saturated carbocycles. The highest BCUT2D eigenvalue weighted by atomic mass is 16.5. The van der Waals surface area contributed by atoms with Crippen molar-refractivity contribution in [2.24, 2.45) is 0 Å². The maximum Gasteiger partial charge on any atom is 0.236 e. The Kier molecular flexibility index (Phi) is 3.08. The SMILES string of the molecule is CCOc1[nH]nc2c(N)nc(N3CCOCC3)nc12. The number of nitrogens with two attached hydrogens (primary N) is 1. The number of morpholine rings is 1. The first kappa shape index (κ1) is 12.0. The average Bonchev–Trinajstić information content (AvgIpc) is 2.84. The van der Waals surface area contributed by atoms with Crippen LogP contribution in [0.1, 0.15) is 6.92 Å². The lowest BCUT2D eigenvalue weighted by Crippen LogP contribution is -2.37. The fourth-order valence-electron chi connectivity index (χ4n) is 2.04. The van der Waals surface area contributed by atoms with Gasteiger partial charge < -0.3 is 20.1 Å². The summed E-state index contributed by atoms with van der Waals surface area (Å²) >= 11 is 0. The van der Waals surface area contributed by atoms with Gasteiger partial charge in [-0.25, -0.2) is 10.1 Å². The monoisotopic (exact) mass is 264 g/mol. The molecule has 19 heavy (non-hydrogen) atoms. The Morgan fingerprint density at radius 1 is 1.32 bits per heavy atom. The number of hydrogen-bond acceptors (Lipinski definition) is 7. The number of hydrogen-bond donors (Lipinski definition) is 2. The molecule has 0 spiro atoms. The zero-order valence-electron chi connectivity index (χ0n) is 10.7. The second kappa shape index (κ2) is 4.88. The maximum absolute atomic E-state index is 5.93. The number of rotatable bonds is 3. The molecule has 0 radical (unpaired) electrons. The Morgan fingerprint density at radius 2 is 2.11 bits per heavy atom. The van der Waals surface area contributed by atoms with E-state index in [1.54, 1.807) is 0 Å². The Morgan fingerprint density at radius 3 is 2.84 bits per heavy atom. The molecule has 3 heterocycles. The summed E-state index contributed by atoms with van der Waals surface area (Å²) in [5.41, 5.74) is 7.09. The van der Waals surface area contributed by atoms with Crippen molar-refractivity contribution >= 4 is 22.8 Å². The molecule has 0 atom stereocenters. The summed E-state index contributed by atoms with van der Waals surface area (Å²) in [6.45, 7) is 5.30. The maximum atomic E-state index is 5.93. The zero-order valence-corrected chi connectivity index (χ0v) is 10.7. The second-order valence-electron chi connectivity index (χ2n) is 4.19. The number of aromatic nitrogens is 4. The van der Waals surface area contributed by atoms with Crippen LogP contribution in [0.2, 0.25) is 0 Å². The van der Waals surface area contributed by atoms with E-state index in [0.717, 1.165) is 13.1 Å². The highest BCUT2D eigenvalue weighted by molar-refractivity contribution is 5.88. The number of fused-ring (bicyclic) bond motifs is 1. The van der Waals surface area contributed by atoms with Crippen molar-refractivity contribution in [2.75, 3.05) is 43.5 Å². The Labute approximate surface area is 109 Å². The number of H-pyrrole nitrogens is 1. The number of nitrogen functional groups attached to an aromatic ring is 1. The van der Waals surface area contributed by atoms with Crippen molar-refractivity contribution in [2.45, 2.75) is 6.92 Å². The highest BCUT2D eigenvalue weighted by Crippen LogP contribution is 2.26. The number of anilines is 2. The fourth-order valence-corrected chi connectivity index (χ4v) is 2.04. The van der Waals surface area contributed by atoms with E-state index in [0.29, 0.717) is 48.5 Å². The molecule has 102 valence electrons. The predicted molar refractivity (Wildman–Crippen MR) is 70.3 cm³/mol. The van der Waals surface area contributed by atoms with E-state index in [2.05, 4.69) is 20.2 Å². The molecule has 0 unspecified atom stereocenters. The molecule has 0 aromatic carbocycles. The minimum absolute atomic E-state index is 0.355. The van der Waals surface area contributed by atoms with E-state index in [9.17, 15) is 0 Å². The van der Waals surface area contributed by atoms with Crippen molar-refractivity contribution in [3.63, 3.8) is 0 Å². The molecule has 1 saturated heterocycles. The second-order valence-corrected chi connectivity index (χ2v) is 4.19. The topological polar surface area (TPSA) is 102 Å². The molecule has 2 aromatic heterocycles. The van der Waals surface area contributed by atoms with Crippen molar-refractivity contribution < 1.29 is 9.47 Å². The van der Waals surface area contributed by atoms with Crippen molar-refractivity contribution in [1.29, 1.82) is 0 Å². The van der Waals surface area contributed by atoms with Crippen LogP contribution in [0, 0.1) is 0 Å². The molecule has 1 aliphatic heterocycles. The summed E-state index contributed by atoms with van der Waals surface area (Å²) in [6, 6.07) is 0. The molecule has 0 aliphatic carbocycles. The van der Waals surface area contributed by atoms with Crippen LogP contribution in [-0.2, 0) is 4.74 Å². The third kappa shape index (κ3) is 2.14. The zero-order chi connectivity index (χ0) is 13.2. The van der Waals surface area contributed by atoms with Gasteiger partial charge in [0, 0.05) is 13.1 Å². The van der Waals surface area contributed by atoms with Gasteiger partial charge in [-0.1, -0.05) is 0 Å². The van der Waals surface area contributed by atoms with Crippen LogP contribution in [0.3, 0.4) is 0 Å². The van der Waals surface area contributed by atoms with Gasteiger partial charge in [-0.15, -0.1) is 0 Å².